The minimum absolute atomic E-state index is 0.0538. The Morgan fingerprint density at radius 2 is 1.63 bits per heavy atom. The zero-order chi connectivity index (χ0) is 31.0. The molecule has 1 saturated carbocycles. The Hall–Kier alpha value is -3.76. The van der Waals surface area contributed by atoms with Crippen molar-refractivity contribution in [2.75, 3.05) is 25.1 Å². The van der Waals surface area contributed by atoms with Crippen molar-refractivity contribution in [1.29, 1.82) is 0 Å². The summed E-state index contributed by atoms with van der Waals surface area (Å²) in [6.07, 6.45) is 5.03. The molecule has 1 aliphatic carbocycles. The summed E-state index contributed by atoms with van der Waals surface area (Å²) in [5.74, 6) is -0.219. The molecule has 0 heterocycles. The topological polar surface area (TPSA) is 105 Å². The number of halogens is 1. The van der Waals surface area contributed by atoms with Gasteiger partial charge in [0.25, 0.3) is 10.0 Å². The van der Waals surface area contributed by atoms with Crippen molar-refractivity contribution in [2.45, 2.75) is 62.6 Å². The molecule has 9 nitrogen and oxygen atoms in total. The van der Waals surface area contributed by atoms with Gasteiger partial charge in [-0.2, -0.15) is 0 Å². The number of sulfonamides is 1. The molecule has 4 rings (SSSR count). The van der Waals surface area contributed by atoms with E-state index in [1.54, 1.807) is 55.5 Å². The summed E-state index contributed by atoms with van der Waals surface area (Å²) in [6, 6.07) is 18.9. The molecule has 0 saturated heterocycles. The highest BCUT2D eigenvalue weighted by molar-refractivity contribution is 7.92. The molecular formula is C32H38ClN3O6S. The fourth-order valence-corrected chi connectivity index (χ4v) is 6.85. The van der Waals surface area contributed by atoms with E-state index in [0.29, 0.717) is 22.0 Å². The first-order chi connectivity index (χ1) is 20.6. The average molecular weight is 628 g/mol. The largest absolute Gasteiger partial charge is 0.493 e. The number of methoxy groups -OCH3 is 2. The summed E-state index contributed by atoms with van der Waals surface area (Å²) in [4.78, 5) is 28.9. The van der Waals surface area contributed by atoms with E-state index in [-0.39, 0.29) is 29.1 Å². The molecule has 0 radical (unpaired) electrons. The molecule has 11 heteroatoms. The Morgan fingerprint density at radius 1 is 0.930 bits per heavy atom. The van der Waals surface area contributed by atoms with Gasteiger partial charge in [-0.15, -0.1) is 0 Å². The maximum atomic E-state index is 14.1. The smallest absolute Gasteiger partial charge is 0.264 e. The highest BCUT2D eigenvalue weighted by Crippen LogP contribution is 2.32. The second-order valence-corrected chi connectivity index (χ2v) is 12.8. The lowest BCUT2D eigenvalue weighted by molar-refractivity contribution is -0.139. The van der Waals surface area contributed by atoms with Gasteiger partial charge in [-0.25, -0.2) is 8.42 Å². The summed E-state index contributed by atoms with van der Waals surface area (Å²) in [6.45, 7) is 1.19. The number of amides is 2. The molecule has 1 aliphatic rings. The van der Waals surface area contributed by atoms with E-state index in [0.717, 1.165) is 36.4 Å². The molecule has 230 valence electrons. The number of anilines is 1. The summed E-state index contributed by atoms with van der Waals surface area (Å²) in [5, 5.41) is 3.59. The van der Waals surface area contributed by atoms with Gasteiger partial charge >= 0.3 is 0 Å². The van der Waals surface area contributed by atoms with E-state index >= 15 is 0 Å². The number of rotatable bonds is 12. The van der Waals surface area contributed by atoms with Crippen molar-refractivity contribution in [1.82, 2.24) is 10.2 Å². The van der Waals surface area contributed by atoms with Crippen LogP contribution in [0.1, 0.15) is 44.6 Å². The Labute approximate surface area is 258 Å². The normalized spacial score (nSPS) is 14.4. The number of ether oxygens (including phenoxy) is 2. The zero-order valence-corrected chi connectivity index (χ0v) is 26.2. The van der Waals surface area contributed by atoms with Crippen LogP contribution in [0.4, 0.5) is 5.69 Å². The van der Waals surface area contributed by atoms with E-state index < -0.39 is 28.5 Å². The van der Waals surface area contributed by atoms with Gasteiger partial charge in [-0.3, -0.25) is 13.9 Å². The van der Waals surface area contributed by atoms with E-state index in [1.807, 2.05) is 6.07 Å². The standard InChI is InChI=1S/C32H38ClN3O6S/c1-23(32(38)34-26-13-6-4-7-14-26)35(21-24-11-10-12-25(33)19-24)31(37)22-36(27-15-8-5-9-16-27)43(39,40)28-17-18-29(41-2)30(20-28)42-3/h5,8-12,15-20,23,26H,4,6-7,13-14,21-22H2,1-3H3,(H,34,38). The number of carbonyl (C=O) groups excluding carboxylic acids is 2. The molecule has 0 spiro atoms. The van der Waals surface area contributed by atoms with Crippen LogP contribution in [0.5, 0.6) is 11.5 Å². The van der Waals surface area contributed by atoms with Crippen LogP contribution in [0.2, 0.25) is 5.02 Å². The Bertz CT molecular complexity index is 1510. The molecule has 2 amide bonds. The lowest BCUT2D eigenvalue weighted by Gasteiger charge is -2.33. The number of para-hydroxylation sites is 1. The SMILES string of the molecule is COc1ccc(S(=O)(=O)N(CC(=O)N(Cc2cccc(Cl)c2)C(C)C(=O)NC2CCCCC2)c2ccccc2)cc1OC. The van der Waals surface area contributed by atoms with E-state index in [4.69, 9.17) is 21.1 Å². The first-order valence-electron chi connectivity index (χ1n) is 14.3. The van der Waals surface area contributed by atoms with Crippen molar-refractivity contribution in [3.63, 3.8) is 0 Å². The van der Waals surface area contributed by atoms with Crippen molar-refractivity contribution < 1.29 is 27.5 Å². The van der Waals surface area contributed by atoms with Crippen molar-refractivity contribution >= 4 is 39.1 Å². The molecular weight excluding hydrogens is 590 g/mol. The van der Waals surface area contributed by atoms with E-state index in [1.165, 1.54) is 37.3 Å². The van der Waals surface area contributed by atoms with Gasteiger partial charge in [0, 0.05) is 23.7 Å². The van der Waals surface area contributed by atoms with Crippen molar-refractivity contribution in [3.8, 4) is 11.5 Å². The van der Waals surface area contributed by atoms with E-state index in [2.05, 4.69) is 5.32 Å². The highest BCUT2D eigenvalue weighted by Gasteiger charge is 2.33. The minimum atomic E-state index is -4.26. The molecule has 3 aromatic rings. The number of nitrogens with one attached hydrogen (secondary N) is 1. The fraction of sp³-hybridized carbons (Fsp3) is 0.375. The number of nitrogens with zero attached hydrogens (tertiary/aromatic N) is 2. The molecule has 1 fully saturated rings. The lowest BCUT2D eigenvalue weighted by Crippen LogP contribution is -2.53. The monoisotopic (exact) mass is 627 g/mol. The number of carbonyl (C=O) groups is 2. The van der Waals surface area contributed by atoms with Crippen LogP contribution in [0, 0.1) is 0 Å². The van der Waals surface area contributed by atoms with Gasteiger partial charge in [0.15, 0.2) is 11.5 Å². The molecule has 1 N–H and O–H groups in total. The maximum absolute atomic E-state index is 14.1. The van der Waals surface area contributed by atoms with Crippen LogP contribution in [-0.2, 0) is 26.2 Å². The third kappa shape index (κ3) is 8.00. The third-order valence-corrected chi connectivity index (χ3v) is 9.63. The summed E-state index contributed by atoms with van der Waals surface area (Å²) >= 11 is 6.23. The molecule has 3 aromatic carbocycles. The molecule has 0 aliphatic heterocycles. The Balaban J connectivity index is 1.68. The van der Waals surface area contributed by atoms with Gasteiger partial charge in [0.2, 0.25) is 11.8 Å². The highest BCUT2D eigenvalue weighted by atomic mass is 35.5. The predicted octanol–water partition coefficient (Wildman–Crippen LogP) is 5.42. The molecule has 43 heavy (non-hydrogen) atoms. The number of hydrogen-bond acceptors (Lipinski definition) is 6. The van der Waals surface area contributed by atoms with Gasteiger partial charge in [0.1, 0.15) is 12.6 Å². The van der Waals surface area contributed by atoms with Crippen LogP contribution in [0.15, 0.2) is 77.7 Å². The number of hydrogen-bond donors (Lipinski definition) is 1. The van der Waals surface area contributed by atoms with Crippen LogP contribution >= 0.6 is 11.6 Å². The van der Waals surface area contributed by atoms with Crippen LogP contribution in [0.3, 0.4) is 0 Å². The molecule has 1 unspecified atom stereocenters. The van der Waals surface area contributed by atoms with Crippen LogP contribution in [-0.4, -0.2) is 58.0 Å². The van der Waals surface area contributed by atoms with Crippen LogP contribution in [0.25, 0.3) is 0 Å². The summed E-state index contributed by atoms with van der Waals surface area (Å²) < 4.78 is 39.8. The first kappa shape index (κ1) is 32.2. The summed E-state index contributed by atoms with van der Waals surface area (Å²) in [5.41, 5.74) is 1.01. The maximum Gasteiger partial charge on any atom is 0.264 e. The van der Waals surface area contributed by atoms with Gasteiger partial charge < -0.3 is 19.7 Å². The number of benzene rings is 3. The first-order valence-corrected chi connectivity index (χ1v) is 16.1. The van der Waals surface area contributed by atoms with E-state index in [9.17, 15) is 18.0 Å². The van der Waals surface area contributed by atoms with Gasteiger partial charge in [0.05, 0.1) is 24.8 Å². The Kier molecular flexibility index (Phi) is 10.9. The third-order valence-electron chi connectivity index (χ3n) is 7.63. The van der Waals surface area contributed by atoms with Crippen molar-refractivity contribution in [2.24, 2.45) is 0 Å². The fourth-order valence-electron chi connectivity index (χ4n) is 5.21. The predicted molar refractivity (Wildman–Crippen MR) is 167 cm³/mol. The molecule has 0 bridgehead atoms. The van der Waals surface area contributed by atoms with Crippen LogP contribution < -0.4 is 19.1 Å². The average Bonchev–Trinajstić information content (AvgIpc) is 3.02. The minimum Gasteiger partial charge on any atom is -0.493 e. The summed E-state index contributed by atoms with van der Waals surface area (Å²) in [7, 11) is -1.38. The van der Waals surface area contributed by atoms with Gasteiger partial charge in [-0.05, 0) is 61.7 Å². The second-order valence-electron chi connectivity index (χ2n) is 10.5. The molecule has 1 atom stereocenters. The molecule has 0 aromatic heterocycles. The zero-order valence-electron chi connectivity index (χ0n) is 24.7. The Morgan fingerprint density at radius 3 is 2.28 bits per heavy atom. The lowest BCUT2D eigenvalue weighted by atomic mass is 9.95. The second kappa shape index (κ2) is 14.6. The van der Waals surface area contributed by atoms with Gasteiger partial charge in [-0.1, -0.05) is 61.2 Å². The van der Waals surface area contributed by atoms with Crippen molar-refractivity contribution in [3.05, 3.63) is 83.4 Å². The quantitative estimate of drug-likeness (QED) is 0.288.